The second-order valence-corrected chi connectivity index (χ2v) is 5.91. The van der Waals surface area contributed by atoms with Crippen molar-refractivity contribution in [3.63, 3.8) is 0 Å². The first-order valence-corrected chi connectivity index (χ1v) is 8.00. The van der Waals surface area contributed by atoms with Gasteiger partial charge in [0.05, 0.1) is 0 Å². The number of pyridine rings is 1. The van der Waals surface area contributed by atoms with Crippen LogP contribution in [0.15, 0.2) is 35.1 Å². The number of rotatable bonds is 5. The van der Waals surface area contributed by atoms with Gasteiger partial charge in [0, 0.05) is 24.1 Å². The van der Waals surface area contributed by atoms with Gasteiger partial charge in [0.1, 0.15) is 12.2 Å². The smallest absolute Gasteiger partial charge is 0.261 e. The molecule has 8 nitrogen and oxygen atoms in total. The SMILES string of the molecule is COCc1nc(-c2cccc(NC(=O)c3c(C)cc(C)[nH]c3=O)c2)n[nH]1. The molecule has 26 heavy (non-hydrogen) atoms. The van der Waals surface area contributed by atoms with E-state index >= 15 is 0 Å². The van der Waals surface area contributed by atoms with E-state index in [2.05, 4.69) is 25.5 Å². The number of methoxy groups -OCH3 is 1. The average Bonchev–Trinajstić information content (AvgIpc) is 3.03. The second kappa shape index (κ2) is 7.32. The van der Waals surface area contributed by atoms with Crippen molar-refractivity contribution < 1.29 is 9.53 Å². The van der Waals surface area contributed by atoms with E-state index in [4.69, 9.17) is 4.74 Å². The number of aromatic amines is 2. The molecule has 2 heterocycles. The summed E-state index contributed by atoms with van der Waals surface area (Å²) in [7, 11) is 1.58. The van der Waals surface area contributed by atoms with Crippen LogP contribution >= 0.6 is 0 Å². The van der Waals surface area contributed by atoms with Crippen molar-refractivity contribution in [1.82, 2.24) is 20.2 Å². The number of H-pyrrole nitrogens is 2. The summed E-state index contributed by atoms with van der Waals surface area (Å²) in [6.07, 6.45) is 0. The van der Waals surface area contributed by atoms with Crippen LogP contribution in [0.25, 0.3) is 11.4 Å². The van der Waals surface area contributed by atoms with Gasteiger partial charge in [0.15, 0.2) is 11.6 Å². The van der Waals surface area contributed by atoms with Crippen molar-refractivity contribution >= 4 is 11.6 Å². The number of hydrogen-bond donors (Lipinski definition) is 3. The summed E-state index contributed by atoms with van der Waals surface area (Å²) in [6.45, 7) is 3.84. The highest BCUT2D eigenvalue weighted by molar-refractivity contribution is 6.05. The molecule has 2 aromatic heterocycles. The average molecular weight is 353 g/mol. The fourth-order valence-corrected chi connectivity index (χ4v) is 2.69. The number of nitrogens with zero attached hydrogens (tertiary/aromatic N) is 2. The van der Waals surface area contributed by atoms with Gasteiger partial charge < -0.3 is 15.0 Å². The van der Waals surface area contributed by atoms with Crippen molar-refractivity contribution in [2.24, 2.45) is 0 Å². The third-order valence-electron chi connectivity index (χ3n) is 3.78. The molecule has 3 N–H and O–H groups in total. The maximum Gasteiger partial charge on any atom is 0.261 e. The van der Waals surface area contributed by atoms with Crippen molar-refractivity contribution in [3.8, 4) is 11.4 Å². The van der Waals surface area contributed by atoms with Crippen molar-refractivity contribution in [1.29, 1.82) is 0 Å². The molecule has 0 atom stereocenters. The van der Waals surface area contributed by atoms with Crippen LogP contribution in [-0.2, 0) is 11.3 Å². The van der Waals surface area contributed by atoms with E-state index in [1.807, 2.05) is 6.07 Å². The maximum atomic E-state index is 12.5. The zero-order valence-electron chi connectivity index (χ0n) is 14.7. The first kappa shape index (κ1) is 17.6. The first-order chi connectivity index (χ1) is 12.5. The molecule has 0 aliphatic heterocycles. The molecule has 1 aromatic carbocycles. The van der Waals surface area contributed by atoms with E-state index in [9.17, 15) is 9.59 Å². The lowest BCUT2D eigenvalue weighted by atomic mass is 10.1. The van der Waals surface area contributed by atoms with Crippen LogP contribution in [0.4, 0.5) is 5.69 Å². The molecule has 0 unspecified atom stereocenters. The summed E-state index contributed by atoms with van der Waals surface area (Å²) < 4.78 is 5.01. The molecular weight excluding hydrogens is 334 g/mol. The third kappa shape index (κ3) is 3.70. The number of amides is 1. The van der Waals surface area contributed by atoms with Gasteiger partial charge in [-0.3, -0.25) is 14.7 Å². The Morgan fingerprint density at radius 3 is 2.81 bits per heavy atom. The zero-order chi connectivity index (χ0) is 18.7. The molecule has 0 bridgehead atoms. The van der Waals surface area contributed by atoms with Crippen molar-refractivity contribution in [2.45, 2.75) is 20.5 Å². The Bertz CT molecular complexity index is 1010. The summed E-state index contributed by atoms with van der Waals surface area (Å²) in [4.78, 5) is 31.6. The van der Waals surface area contributed by atoms with Gasteiger partial charge in [-0.15, -0.1) is 0 Å². The summed E-state index contributed by atoms with van der Waals surface area (Å²) in [5.74, 6) is 0.646. The molecule has 134 valence electrons. The summed E-state index contributed by atoms with van der Waals surface area (Å²) in [5, 5.41) is 9.68. The van der Waals surface area contributed by atoms with E-state index in [1.54, 1.807) is 45.2 Å². The largest absolute Gasteiger partial charge is 0.377 e. The van der Waals surface area contributed by atoms with Gasteiger partial charge in [-0.2, -0.15) is 5.10 Å². The van der Waals surface area contributed by atoms with Gasteiger partial charge in [0.25, 0.3) is 11.5 Å². The number of benzene rings is 1. The Morgan fingerprint density at radius 1 is 1.27 bits per heavy atom. The number of nitrogens with one attached hydrogen (secondary N) is 3. The zero-order valence-corrected chi connectivity index (χ0v) is 14.7. The van der Waals surface area contributed by atoms with E-state index in [-0.39, 0.29) is 5.56 Å². The van der Waals surface area contributed by atoms with Gasteiger partial charge in [-0.25, -0.2) is 4.98 Å². The normalized spacial score (nSPS) is 10.7. The molecule has 0 radical (unpaired) electrons. The van der Waals surface area contributed by atoms with Gasteiger partial charge in [-0.1, -0.05) is 12.1 Å². The summed E-state index contributed by atoms with van der Waals surface area (Å²) in [5.41, 5.74) is 2.30. The molecule has 0 aliphatic carbocycles. The number of hydrogen-bond acceptors (Lipinski definition) is 5. The Hall–Kier alpha value is -3.26. The second-order valence-electron chi connectivity index (χ2n) is 5.91. The standard InChI is InChI=1S/C18H19N5O3/c1-10-7-11(2)19-17(24)15(10)18(25)20-13-6-4-5-12(8-13)16-21-14(9-26-3)22-23-16/h4-8H,9H2,1-3H3,(H,19,24)(H,20,25)(H,21,22,23). The Balaban J connectivity index is 1.85. The van der Waals surface area contributed by atoms with Crippen LogP contribution in [-0.4, -0.2) is 33.2 Å². The predicted octanol–water partition coefficient (Wildman–Crippen LogP) is 2.18. The molecule has 0 fully saturated rings. The number of aromatic nitrogens is 4. The number of ether oxygens (including phenoxy) is 1. The summed E-state index contributed by atoms with van der Waals surface area (Å²) >= 11 is 0. The molecule has 0 spiro atoms. The Labute approximate surface area is 149 Å². The van der Waals surface area contributed by atoms with E-state index in [0.29, 0.717) is 35.2 Å². The molecule has 8 heteroatoms. The van der Waals surface area contributed by atoms with Crippen LogP contribution in [0.2, 0.25) is 0 Å². The van der Waals surface area contributed by atoms with Gasteiger partial charge >= 0.3 is 0 Å². The van der Waals surface area contributed by atoms with Crippen LogP contribution in [0.5, 0.6) is 0 Å². The molecule has 3 aromatic rings. The quantitative estimate of drug-likeness (QED) is 0.651. The highest BCUT2D eigenvalue weighted by atomic mass is 16.5. The third-order valence-corrected chi connectivity index (χ3v) is 3.78. The topological polar surface area (TPSA) is 113 Å². The highest BCUT2D eigenvalue weighted by Gasteiger charge is 2.15. The predicted molar refractivity (Wildman–Crippen MR) is 97.0 cm³/mol. The van der Waals surface area contributed by atoms with Gasteiger partial charge in [0.2, 0.25) is 0 Å². The number of anilines is 1. The maximum absolute atomic E-state index is 12.5. The molecule has 1 amide bonds. The highest BCUT2D eigenvalue weighted by Crippen LogP contribution is 2.20. The Kier molecular flexibility index (Phi) is 4.94. The van der Waals surface area contributed by atoms with E-state index in [1.165, 1.54) is 0 Å². The van der Waals surface area contributed by atoms with E-state index in [0.717, 1.165) is 5.56 Å². The van der Waals surface area contributed by atoms with Crippen LogP contribution < -0.4 is 10.9 Å². The Morgan fingerprint density at radius 2 is 2.08 bits per heavy atom. The molecular formula is C18H19N5O3. The van der Waals surface area contributed by atoms with Crippen molar-refractivity contribution in [3.05, 3.63) is 63.3 Å². The molecule has 0 saturated carbocycles. The van der Waals surface area contributed by atoms with Crippen LogP contribution in [0.3, 0.4) is 0 Å². The number of carbonyl (C=O) groups excluding carboxylic acids is 1. The van der Waals surface area contributed by atoms with Crippen LogP contribution in [0, 0.1) is 13.8 Å². The van der Waals surface area contributed by atoms with E-state index < -0.39 is 11.5 Å². The monoisotopic (exact) mass is 353 g/mol. The fourth-order valence-electron chi connectivity index (χ4n) is 2.69. The molecule has 3 rings (SSSR count). The van der Waals surface area contributed by atoms with Crippen molar-refractivity contribution in [2.75, 3.05) is 12.4 Å². The van der Waals surface area contributed by atoms with Crippen LogP contribution in [0.1, 0.15) is 27.4 Å². The lowest BCUT2D eigenvalue weighted by Gasteiger charge is -2.08. The molecule has 0 aliphatic rings. The minimum atomic E-state index is -0.462. The number of carbonyl (C=O) groups is 1. The lowest BCUT2D eigenvalue weighted by molar-refractivity contribution is 0.102. The number of aryl methyl sites for hydroxylation is 2. The fraction of sp³-hybridized carbons (Fsp3) is 0.222. The van der Waals surface area contributed by atoms with Gasteiger partial charge in [-0.05, 0) is 37.6 Å². The molecule has 0 saturated heterocycles. The minimum absolute atomic E-state index is 0.0984. The lowest BCUT2D eigenvalue weighted by Crippen LogP contribution is -2.25. The summed E-state index contributed by atoms with van der Waals surface area (Å²) in [6, 6.07) is 8.86. The first-order valence-electron chi connectivity index (χ1n) is 8.00. The minimum Gasteiger partial charge on any atom is -0.377 e.